The van der Waals surface area contributed by atoms with Gasteiger partial charge in [0.25, 0.3) is 11.8 Å². The number of rotatable bonds is 7. The normalized spacial score (nSPS) is 18.3. The highest BCUT2D eigenvalue weighted by Gasteiger charge is 2.54. The lowest BCUT2D eigenvalue weighted by molar-refractivity contribution is -0.139. The number of amides is 4. The van der Waals surface area contributed by atoms with Crippen LogP contribution in [-0.2, 0) is 21.7 Å². The van der Waals surface area contributed by atoms with Crippen LogP contribution in [-0.4, -0.2) is 70.5 Å². The molecule has 2 aliphatic rings. The Labute approximate surface area is 208 Å². The molecule has 0 spiro atoms. The molecule has 3 aromatic rings. The van der Waals surface area contributed by atoms with Gasteiger partial charge in [0.2, 0.25) is 0 Å². The Bertz CT molecular complexity index is 1200. The van der Waals surface area contributed by atoms with E-state index < -0.39 is 23.4 Å². The van der Waals surface area contributed by atoms with Crippen molar-refractivity contribution in [1.29, 1.82) is 0 Å². The van der Waals surface area contributed by atoms with E-state index in [-0.39, 0.29) is 6.54 Å². The van der Waals surface area contributed by atoms with E-state index in [1.807, 2.05) is 54.3 Å². The monoisotopic (exact) mass is 488 g/mol. The molecule has 10 nitrogen and oxygen atoms in total. The second-order valence-corrected chi connectivity index (χ2v) is 9.07. The maximum Gasteiger partial charge on any atom is 0.344 e. The summed E-state index contributed by atoms with van der Waals surface area (Å²) in [5, 5.41) is 7.66. The number of nitrogens with zero attached hydrogens (tertiary/aromatic N) is 4. The number of carbonyl (C=O) groups is 3. The Balaban J connectivity index is 1.23. The number of carbonyl (C=O) groups excluding carboxylic acids is 3. The zero-order valence-corrected chi connectivity index (χ0v) is 20.0. The Morgan fingerprint density at radius 1 is 0.972 bits per heavy atom. The summed E-state index contributed by atoms with van der Waals surface area (Å²) in [4.78, 5) is 43.7. The predicted molar refractivity (Wildman–Crippen MR) is 130 cm³/mol. The van der Waals surface area contributed by atoms with E-state index in [4.69, 9.17) is 4.52 Å². The number of benzene rings is 2. The number of aryl methyl sites for hydroxylation is 1. The number of aromatic nitrogens is 1. The minimum atomic E-state index is -1.42. The number of nitrogens with one attached hydrogen (secondary N) is 2. The third-order valence-corrected chi connectivity index (χ3v) is 6.57. The highest BCUT2D eigenvalue weighted by atomic mass is 16.5. The smallest absolute Gasteiger partial charge is 0.344 e. The minimum Gasteiger partial charge on any atom is -0.361 e. The molecule has 2 N–H and O–H groups in total. The van der Waals surface area contributed by atoms with Gasteiger partial charge in [-0.1, -0.05) is 65.8 Å². The van der Waals surface area contributed by atoms with Crippen molar-refractivity contribution in [2.45, 2.75) is 19.0 Å². The average Bonchev–Trinajstić information content (AvgIpc) is 3.42. The molecule has 2 aliphatic heterocycles. The van der Waals surface area contributed by atoms with Crippen molar-refractivity contribution in [1.82, 2.24) is 30.7 Å². The van der Waals surface area contributed by atoms with Crippen molar-refractivity contribution in [3.8, 4) is 0 Å². The van der Waals surface area contributed by atoms with Crippen molar-refractivity contribution in [3.05, 3.63) is 89.3 Å². The van der Waals surface area contributed by atoms with Gasteiger partial charge in [-0.2, -0.15) is 5.01 Å². The predicted octanol–water partition coefficient (Wildman–Crippen LogP) is 1.63. The van der Waals surface area contributed by atoms with Crippen molar-refractivity contribution in [2.24, 2.45) is 0 Å². The standard InChI is InChI=1S/C26H28N6O4/c1-19-16-22(29-36-19)17-30-12-14-31(15-13-30)18-23(33)28-32-24(34)26(27-25(32)35,20-8-4-2-5-9-20)21-10-6-3-7-11-21/h2-11,16H,12-15,17-18H2,1H3,(H,27,35)(H,28,33). The number of hydrogen-bond acceptors (Lipinski definition) is 7. The van der Waals surface area contributed by atoms with E-state index in [9.17, 15) is 14.4 Å². The van der Waals surface area contributed by atoms with E-state index in [1.54, 1.807) is 24.3 Å². The van der Waals surface area contributed by atoms with Gasteiger partial charge in [-0.3, -0.25) is 24.8 Å². The van der Waals surface area contributed by atoms with Crippen molar-refractivity contribution < 1.29 is 18.9 Å². The molecule has 1 aromatic heterocycles. The van der Waals surface area contributed by atoms with Crippen molar-refractivity contribution >= 4 is 17.8 Å². The maximum atomic E-state index is 13.7. The SMILES string of the molecule is Cc1cc(CN2CCN(CC(=O)NN3C(=O)NC(c4ccccc4)(c4ccccc4)C3=O)CC2)no1. The first-order chi connectivity index (χ1) is 17.5. The summed E-state index contributed by atoms with van der Waals surface area (Å²) in [6.07, 6.45) is 0. The molecule has 2 aromatic carbocycles. The van der Waals surface area contributed by atoms with Gasteiger partial charge in [-0.05, 0) is 18.1 Å². The van der Waals surface area contributed by atoms with Crippen LogP contribution in [0.15, 0.2) is 71.3 Å². The molecule has 0 bridgehead atoms. The molecule has 2 fully saturated rings. The van der Waals surface area contributed by atoms with Crippen LogP contribution in [0.3, 0.4) is 0 Å². The van der Waals surface area contributed by atoms with Crippen LogP contribution in [0.2, 0.25) is 0 Å². The summed E-state index contributed by atoms with van der Waals surface area (Å²) in [5.41, 5.74) is 3.23. The van der Waals surface area contributed by atoms with Crippen LogP contribution >= 0.6 is 0 Å². The van der Waals surface area contributed by atoms with Gasteiger partial charge in [0.1, 0.15) is 5.76 Å². The Morgan fingerprint density at radius 2 is 1.56 bits per heavy atom. The second-order valence-electron chi connectivity index (χ2n) is 9.07. The summed E-state index contributed by atoms with van der Waals surface area (Å²) in [6.45, 7) is 5.55. The highest BCUT2D eigenvalue weighted by Crippen LogP contribution is 2.35. The van der Waals surface area contributed by atoms with Crippen LogP contribution in [0.25, 0.3) is 0 Å². The summed E-state index contributed by atoms with van der Waals surface area (Å²) in [5.74, 6) is -0.189. The lowest BCUT2D eigenvalue weighted by Gasteiger charge is -2.34. The van der Waals surface area contributed by atoms with Gasteiger partial charge in [0.15, 0.2) is 5.54 Å². The first kappa shape index (κ1) is 23.7. The molecule has 0 atom stereocenters. The topological polar surface area (TPSA) is 111 Å². The molecule has 5 rings (SSSR count). The van der Waals surface area contributed by atoms with E-state index in [0.717, 1.165) is 29.6 Å². The first-order valence-electron chi connectivity index (χ1n) is 11.9. The molecule has 3 heterocycles. The number of hydrogen-bond donors (Lipinski definition) is 2. The second kappa shape index (κ2) is 9.92. The Morgan fingerprint density at radius 3 is 2.11 bits per heavy atom. The van der Waals surface area contributed by atoms with Crippen LogP contribution in [0.1, 0.15) is 22.6 Å². The number of hydrazine groups is 1. The molecule has 0 saturated carbocycles. The molecule has 10 heteroatoms. The van der Waals surface area contributed by atoms with Gasteiger partial charge in [0, 0.05) is 38.8 Å². The fourth-order valence-corrected chi connectivity index (χ4v) is 4.76. The van der Waals surface area contributed by atoms with Crippen LogP contribution in [0, 0.1) is 6.92 Å². The molecule has 36 heavy (non-hydrogen) atoms. The van der Waals surface area contributed by atoms with Gasteiger partial charge in [-0.25, -0.2) is 4.79 Å². The highest BCUT2D eigenvalue weighted by molar-refractivity contribution is 6.10. The fourth-order valence-electron chi connectivity index (χ4n) is 4.76. The first-order valence-corrected chi connectivity index (χ1v) is 11.9. The molecule has 4 amide bonds. The molecule has 0 aliphatic carbocycles. The van der Waals surface area contributed by atoms with Crippen LogP contribution < -0.4 is 10.7 Å². The Hall–Kier alpha value is -4.02. The zero-order chi connectivity index (χ0) is 25.1. The third kappa shape index (κ3) is 4.60. The summed E-state index contributed by atoms with van der Waals surface area (Å²) in [7, 11) is 0. The lowest BCUT2D eigenvalue weighted by atomic mass is 9.83. The van der Waals surface area contributed by atoms with Crippen molar-refractivity contribution in [3.63, 3.8) is 0 Å². The number of piperazine rings is 1. The number of imide groups is 1. The van der Waals surface area contributed by atoms with Gasteiger partial charge in [-0.15, -0.1) is 0 Å². The maximum absolute atomic E-state index is 13.7. The molecular weight excluding hydrogens is 460 g/mol. The molecule has 2 saturated heterocycles. The van der Waals surface area contributed by atoms with E-state index in [2.05, 4.69) is 20.8 Å². The molecule has 186 valence electrons. The summed E-state index contributed by atoms with van der Waals surface area (Å²) >= 11 is 0. The quantitative estimate of drug-likeness (QED) is 0.486. The molecular formula is C26H28N6O4. The van der Waals surface area contributed by atoms with Crippen molar-refractivity contribution in [2.75, 3.05) is 32.7 Å². The van der Waals surface area contributed by atoms with Gasteiger partial charge < -0.3 is 9.84 Å². The van der Waals surface area contributed by atoms with Crippen LogP contribution in [0.5, 0.6) is 0 Å². The third-order valence-electron chi connectivity index (χ3n) is 6.57. The molecule has 0 unspecified atom stereocenters. The van der Waals surface area contributed by atoms with Gasteiger partial charge in [0.05, 0.1) is 12.2 Å². The summed E-state index contributed by atoms with van der Waals surface area (Å²) in [6, 6.07) is 19.3. The van der Waals surface area contributed by atoms with E-state index in [1.165, 1.54) is 0 Å². The van der Waals surface area contributed by atoms with Gasteiger partial charge >= 0.3 is 6.03 Å². The minimum absolute atomic E-state index is 0.0810. The van der Waals surface area contributed by atoms with E-state index in [0.29, 0.717) is 30.8 Å². The van der Waals surface area contributed by atoms with Crippen LogP contribution in [0.4, 0.5) is 4.79 Å². The number of urea groups is 1. The molecule has 0 radical (unpaired) electrons. The fraction of sp³-hybridized carbons (Fsp3) is 0.308. The largest absolute Gasteiger partial charge is 0.361 e. The lowest BCUT2D eigenvalue weighted by Crippen LogP contribution is -2.53. The Kier molecular flexibility index (Phi) is 6.53. The summed E-state index contributed by atoms with van der Waals surface area (Å²) < 4.78 is 5.13. The average molecular weight is 489 g/mol. The zero-order valence-electron chi connectivity index (χ0n) is 20.0. The van der Waals surface area contributed by atoms with E-state index >= 15 is 0 Å².